The molecule has 0 saturated heterocycles. The van der Waals surface area contributed by atoms with Crippen LogP contribution in [-0.2, 0) is 14.4 Å². The van der Waals surface area contributed by atoms with Crippen molar-refractivity contribution in [2.45, 2.75) is 41.0 Å². The predicted molar refractivity (Wildman–Crippen MR) is 122 cm³/mol. The van der Waals surface area contributed by atoms with E-state index in [1.807, 2.05) is 39.8 Å². The molecule has 0 aliphatic carbocycles. The van der Waals surface area contributed by atoms with Gasteiger partial charge in [-0.05, 0) is 42.8 Å². The molecule has 3 amide bonds. The average molecular weight is 411 g/mol. The maximum absolute atomic E-state index is 12.3. The lowest BCUT2D eigenvalue weighted by atomic mass is 9.95. The van der Waals surface area contributed by atoms with Gasteiger partial charge in [0.25, 0.3) is 0 Å². The minimum Gasteiger partial charge on any atom is -0.376 e. The van der Waals surface area contributed by atoms with Gasteiger partial charge in [-0.25, -0.2) is 0 Å². The van der Waals surface area contributed by atoms with E-state index in [9.17, 15) is 14.4 Å². The summed E-state index contributed by atoms with van der Waals surface area (Å²) in [4.78, 5) is 36.1. The van der Waals surface area contributed by atoms with Gasteiger partial charge >= 0.3 is 0 Å². The van der Waals surface area contributed by atoms with Gasteiger partial charge in [-0.1, -0.05) is 39.8 Å². The van der Waals surface area contributed by atoms with Crippen molar-refractivity contribution in [2.75, 3.05) is 27.8 Å². The molecular formula is C23H30N4O3. The van der Waals surface area contributed by atoms with E-state index in [-0.39, 0.29) is 24.3 Å². The Morgan fingerprint density at radius 2 is 1.50 bits per heavy atom. The van der Waals surface area contributed by atoms with Crippen molar-refractivity contribution in [1.82, 2.24) is 0 Å². The van der Waals surface area contributed by atoms with Gasteiger partial charge in [0.15, 0.2) is 0 Å². The van der Waals surface area contributed by atoms with E-state index in [0.29, 0.717) is 23.5 Å². The third-order valence-corrected chi connectivity index (χ3v) is 4.37. The lowest BCUT2D eigenvalue weighted by Gasteiger charge is -2.18. The van der Waals surface area contributed by atoms with Crippen LogP contribution < -0.4 is 21.3 Å². The van der Waals surface area contributed by atoms with Crippen LogP contribution in [0, 0.1) is 12.3 Å². The SMILES string of the molecule is CCC(=O)Nc1cc(NC(=O)CNc2cccc(NC(=O)C(C)(C)C)c2)ccc1C. The number of rotatable bonds is 7. The molecule has 0 aromatic heterocycles. The monoisotopic (exact) mass is 410 g/mol. The fourth-order valence-corrected chi connectivity index (χ4v) is 2.49. The van der Waals surface area contributed by atoms with Gasteiger partial charge in [0.1, 0.15) is 0 Å². The summed E-state index contributed by atoms with van der Waals surface area (Å²) in [5.74, 6) is -0.389. The Morgan fingerprint density at radius 3 is 2.17 bits per heavy atom. The topological polar surface area (TPSA) is 99.3 Å². The zero-order valence-corrected chi connectivity index (χ0v) is 18.2. The molecule has 4 N–H and O–H groups in total. The van der Waals surface area contributed by atoms with Crippen LogP contribution in [0.25, 0.3) is 0 Å². The highest BCUT2D eigenvalue weighted by Crippen LogP contribution is 2.21. The minimum absolute atomic E-state index is 0.0567. The Balaban J connectivity index is 1.95. The van der Waals surface area contributed by atoms with E-state index in [2.05, 4.69) is 21.3 Å². The van der Waals surface area contributed by atoms with E-state index in [4.69, 9.17) is 0 Å². The number of hydrogen-bond acceptors (Lipinski definition) is 4. The largest absolute Gasteiger partial charge is 0.376 e. The van der Waals surface area contributed by atoms with Gasteiger partial charge in [-0.2, -0.15) is 0 Å². The zero-order valence-electron chi connectivity index (χ0n) is 18.2. The summed E-state index contributed by atoms with van der Waals surface area (Å²) in [6, 6.07) is 12.6. The van der Waals surface area contributed by atoms with E-state index in [1.54, 1.807) is 37.3 Å². The lowest BCUT2D eigenvalue weighted by Crippen LogP contribution is -2.27. The molecule has 30 heavy (non-hydrogen) atoms. The highest BCUT2D eigenvalue weighted by atomic mass is 16.2. The number of benzene rings is 2. The summed E-state index contributed by atoms with van der Waals surface area (Å²) in [6.45, 7) is 9.27. The predicted octanol–water partition coefficient (Wildman–Crippen LogP) is 4.38. The molecule has 0 spiro atoms. The molecule has 0 aliphatic rings. The second-order valence-electron chi connectivity index (χ2n) is 8.12. The van der Waals surface area contributed by atoms with Gasteiger partial charge in [-0.3, -0.25) is 14.4 Å². The molecule has 0 heterocycles. The molecule has 0 aliphatic heterocycles. The van der Waals surface area contributed by atoms with Crippen LogP contribution in [0.4, 0.5) is 22.7 Å². The highest BCUT2D eigenvalue weighted by molar-refractivity contribution is 5.97. The molecule has 0 saturated carbocycles. The third-order valence-electron chi connectivity index (χ3n) is 4.37. The Morgan fingerprint density at radius 1 is 0.833 bits per heavy atom. The summed E-state index contributed by atoms with van der Waals surface area (Å²) in [6.07, 6.45) is 0.384. The molecule has 0 fully saturated rings. The van der Waals surface area contributed by atoms with Crippen molar-refractivity contribution in [3.63, 3.8) is 0 Å². The minimum atomic E-state index is -0.493. The molecule has 0 radical (unpaired) electrons. The molecular weight excluding hydrogens is 380 g/mol. The van der Waals surface area contributed by atoms with Crippen LogP contribution in [0.3, 0.4) is 0 Å². The standard InChI is InChI=1S/C23H30N4O3/c1-6-20(28)27-19-13-18(11-10-15(19)2)25-21(29)14-24-16-8-7-9-17(12-16)26-22(30)23(3,4)5/h7-13,24H,6,14H2,1-5H3,(H,25,29)(H,26,30)(H,27,28). The number of nitrogens with one attached hydrogen (secondary N) is 4. The summed E-state index contributed by atoms with van der Waals surface area (Å²) < 4.78 is 0. The van der Waals surface area contributed by atoms with Crippen molar-refractivity contribution in [3.8, 4) is 0 Å². The molecule has 2 rings (SSSR count). The summed E-state index contributed by atoms with van der Waals surface area (Å²) in [5.41, 5.74) is 3.08. The first kappa shape index (κ1) is 22.9. The third kappa shape index (κ3) is 6.92. The summed E-state index contributed by atoms with van der Waals surface area (Å²) in [5, 5.41) is 11.6. The second-order valence-corrected chi connectivity index (χ2v) is 8.12. The van der Waals surface area contributed by atoms with Crippen LogP contribution in [0.5, 0.6) is 0 Å². The van der Waals surface area contributed by atoms with Gasteiger partial charge in [0, 0.05) is 34.6 Å². The van der Waals surface area contributed by atoms with E-state index in [1.165, 1.54) is 0 Å². The van der Waals surface area contributed by atoms with Gasteiger partial charge in [0.05, 0.1) is 6.54 Å². The molecule has 7 nitrogen and oxygen atoms in total. The van der Waals surface area contributed by atoms with E-state index < -0.39 is 5.41 Å². The van der Waals surface area contributed by atoms with Gasteiger partial charge in [0.2, 0.25) is 17.7 Å². The number of carbonyl (C=O) groups excluding carboxylic acids is 3. The second kappa shape index (κ2) is 9.91. The molecule has 0 atom stereocenters. The molecule has 7 heteroatoms. The quantitative estimate of drug-likeness (QED) is 0.544. The van der Waals surface area contributed by atoms with Gasteiger partial charge < -0.3 is 21.3 Å². The van der Waals surface area contributed by atoms with Crippen LogP contribution in [0.2, 0.25) is 0 Å². The maximum atomic E-state index is 12.3. The molecule has 0 unspecified atom stereocenters. The van der Waals surface area contributed by atoms with Crippen LogP contribution >= 0.6 is 0 Å². The van der Waals surface area contributed by atoms with Crippen LogP contribution in [0.1, 0.15) is 39.7 Å². The van der Waals surface area contributed by atoms with E-state index >= 15 is 0 Å². The Labute approximate surface area is 177 Å². The fraction of sp³-hybridized carbons (Fsp3) is 0.348. The number of anilines is 4. The number of aryl methyl sites for hydroxylation is 1. The van der Waals surface area contributed by atoms with Crippen molar-refractivity contribution < 1.29 is 14.4 Å². The Hall–Kier alpha value is -3.35. The molecule has 0 bridgehead atoms. The van der Waals surface area contributed by atoms with Gasteiger partial charge in [-0.15, -0.1) is 0 Å². The first-order chi connectivity index (χ1) is 14.1. The number of hydrogen-bond donors (Lipinski definition) is 4. The van der Waals surface area contributed by atoms with Crippen molar-refractivity contribution in [3.05, 3.63) is 48.0 Å². The zero-order chi connectivity index (χ0) is 22.3. The van der Waals surface area contributed by atoms with Crippen molar-refractivity contribution in [2.24, 2.45) is 5.41 Å². The van der Waals surface area contributed by atoms with Crippen LogP contribution in [-0.4, -0.2) is 24.3 Å². The van der Waals surface area contributed by atoms with Crippen molar-refractivity contribution >= 4 is 40.5 Å². The summed E-state index contributed by atoms with van der Waals surface area (Å²) >= 11 is 0. The highest BCUT2D eigenvalue weighted by Gasteiger charge is 2.21. The number of carbonyl (C=O) groups is 3. The average Bonchev–Trinajstić information content (AvgIpc) is 2.68. The molecule has 2 aromatic carbocycles. The summed E-state index contributed by atoms with van der Waals surface area (Å²) in [7, 11) is 0. The van der Waals surface area contributed by atoms with Crippen LogP contribution in [0.15, 0.2) is 42.5 Å². The molecule has 160 valence electrons. The Bertz CT molecular complexity index is 932. The molecule has 2 aromatic rings. The van der Waals surface area contributed by atoms with E-state index in [0.717, 1.165) is 11.3 Å². The fourth-order valence-electron chi connectivity index (χ4n) is 2.49. The maximum Gasteiger partial charge on any atom is 0.243 e. The Kier molecular flexibility index (Phi) is 7.58. The first-order valence-corrected chi connectivity index (χ1v) is 9.94. The van der Waals surface area contributed by atoms with Crippen molar-refractivity contribution in [1.29, 1.82) is 0 Å². The number of amides is 3. The smallest absolute Gasteiger partial charge is 0.243 e. The first-order valence-electron chi connectivity index (χ1n) is 9.94. The normalized spacial score (nSPS) is 10.8. The lowest BCUT2D eigenvalue weighted by molar-refractivity contribution is -0.123.